The highest BCUT2D eigenvalue weighted by Gasteiger charge is 2.10. The molecule has 2 N–H and O–H groups in total. The van der Waals surface area contributed by atoms with Crippen LogP contribution in [0.1, 0.15) is 17.3 Å². The summed E-state index contributed by atoms with van der Waals surface area (Å²) in [6.45, 7) is 2.75. The normalized spacial score (nSPS) is 9.83. The molecule has 2 aromatic rings. The molecule has 0 unspecified atom stereocenters. The topological polar surface area (TPSA) is 66.9 Å². The number of hydrogen-bond donors (Lipinski definition) is 2. The molecule has 0 atom stereocenters. The number of nitrogens with one attached hydrogen (secondary N) is 2. The number of aromatic nitrogens is 2. The van der Waals surface area contributed by atoms with Gasteiger partial charge in [-0.15, -0.1) is 0 Å². The molecule has 0 aliphatic rings. The van der Waals surface area contributed by atoms with Crippen molar-refractivity contribution in [1.82, 2.24) is 9.97 Å². The average Bonchev–Trinajstić information content (AvgIpc) is 2.41. The number of hydrogen-bond acceptors (Lipinski definition) is 4. The molecule has 18 heavy (non-hydrogen) atoms. The van der Waals surface area contributed by atoms with E-state index in [1.54, 1.807) is 18.5 Å². The van der Waals surface area contributed by atoms with Gasteiger partial charge in [-0.3, -0.25) is 4.79 Å². The number of carbonyl (C=O) groups is 1. The van der Waals surface area contributed by atoms with Crippen molar-refractivity contribution in [2.45, 2.75) is 6.92 Å². The number of benzene rings is 1. The van der Waals surface area contributed by atoms with Crippen LogP contribution in [0.15, 0.2) is 43.0 Å². The van der Waals surface area contributed by atoms with E-state index in [0.717, 1.165) is 12.2 Å². The van der Waals surface area contributed by atoms with Gasteiger partial charge in [0.05, 0.1) is 23.6 Å². The third-order valence-electron chi connectivity index (χ3n) is 2.36. The van der Waals surface area contributed by atoms with Crippen molar-refractivity contribution in [3.05, 3.63) is 48.5 Å². The van der Waals surface area contributed by atoms with Crippen molar-refractivity contribution in [3.8, 4) is 0 Å². The molecule has 1 amide bonds. The number of nitrogens with zero attached hydrogens (tertiary/aromatic N) is 2. The van der Waals surface area contributed by atoms with Gasteiger partial charge in [-0.2, -0.15) is 0 Å². The van der Waals surface area contributed by atoms with Crippen LogP contribution in [0.25, 0.3) is 0 Å². The van der Waals surface area contributed by atoms with Gasteiger partial charge in [0.15, 0.2) is 0 Å². The lowest BCUT2D eigenvalue weighted by molar-refractivity contribution is 0.102. The first kappa shape index (κ1) is 12.0. The summed E-state index contributed by atoms with van der Waals surface area (Å²) in [5, 5.41) is 5.90. The largest absolute Gasteiger partial charge is 0.385 e. The Morgan fingerprint density at radius 3 is 2.67 bits per heavy atom. The van der Waals surface area contributed by atoms with Crippen LogP contribution < -0.4 is 10.6 Å². The highest BCUT2D eigenvalue weighted by atomic mass is 16.1. The molecule has 0 radical (unpaired) electrons. The van der Waals surface area contributed by atoms with Gasteiger partial charge in [0.1, 0.15) is 6.33 Å². The van der Waals surface area contributed by atoms with E-state index in [9.17, 15) is 4.79 Å². The number of para-hydroxylation sites is 1. The molecule has 5 nitrogen and oxygen atoms in total. The molecule has 1 heterocycles. The van der Waals surface area contributed by atoms with E-state index in [-0.39, 0.29) is 5.91 Å². The van der Waals surface area contributed by atoms with Crippen LogP contribution in [-0.2, 0) is 0 Å². The zero-order chi connectivity index (χ0) is 12.8. The molecule has 0 aliphatic heterocycles. The average molecular weight is 242 g/mol. The highest BCUT2D eigenvalue weighted by molar-refractivity contribution is 6.07. The van der Waals surface area contributed by atoms with Crippen LogP contribution in [0, 0.1) is 0 Å². The van der Waals surface area contributed by atoms with Gasteiger partial charge < -0.3 is 10.6 Å². The van der Waals surface area contributed by atoms with Gasteiger partial charge >= 0.3 is 0 Å². The summed E-state index contributed by atoms with van der Waals surface area (Å²) in [4.78, 5) is 19.8. The van der Waals surface area contributed by atoms with Crippen LogP contribution in [-0.4, -0.2) is 22.4 Å². The summed E-state index contributed by atoms with van der Waals surface area (Å²) < 4.78 is 0. The second-order valence-corrected chi connectivity index (χ2v) is 3.66. The van der Waals surface area contributed by atoms with E-state index in [1.165, 1.54) is 6.33 Å². The minimum absolute atomic E-state index is 0.179. The molecule has 92 valence electrons. The number of carbonyl (C=O) groups excluding carboxylic acids is 1. The quantitative estimate of drug-likeness (QED) is 0.862. The van der Waals surface area contributed by atoms with Gasteiger partial charge in [-0.25, -0.2) is 9.97 Å². The van der Waals surface area contributed by atoms with Gasteiger partial charge in [0.2, 0.25) is 0 Å². The third-order valence-corrected chi connectivity index (χ3v) is 2.36. The maximum absolute atomic E-state index is 12.1. The minimum Gasteiger partial charge on any atom is -0.385 e. The van der Waals surface area contributed by atoms with Gasteiger partial charge in [0.25, 0.3) is 5.91 Å². The fourth-order valence-electron chi connectivity index (χ4n) is 1.59. The summed E-state index contributed by atoms with van der Waals surface area (Å²) >= 11 is 0. The first-order valence-electron chi connectivity index (χ1n) is 5.70. The van der Waals surface area contributed by atoms with Crippen LogP contribution in [0.3, 0.4) is 0 Å². The Morgan fingerprint density at radius 2 is 1.94 bits per heavy atom. The molecule has 0 fully saturated rings. The Morgan fingerprint density at radius 1 is 1.22 bits per heavy atom. The van der Waals surface area contributed by atoms with E-state index >= 15 is 0 Å². The van der Waals surface area contributed by atoms with Crippen LogP contribution in [0.5, 0.6) is 0 Å². The Balaban J connectivity index is 2.19. The smallest absolute Gasteiger partial charge is 0.257 e. The monoisotopic (exact) mass is 242 g/mol. The van der Waals surface area contributed by atoms with Crippen LogP contribution in [0.4, 0.5) is 11.4 Å². The summed E-state index contributed by atoms with van der Waals surface area (Å²) in [7, 11) is 0. The Bertz CT molecular complexity index is 528. The number of anilines is 2. The Kier molecular flexibility index (Phi) is 3.86. The number of rotatable bonds is 4. The fraction of sp³-hybridized carbons (Fsp3) is 0.154. The standard InChI is InChI=1S/C13H14N4O/c1-2-16-12-6-4-3-5-11(12)13(18)17-10-7-14-9-15-8-10/h3-9,16H,2H2,1H3,(H,17,18). The molecule has 0 saturated carbocycles. The summed E-state index contributed by atoms with van der Waals surface area (Å²) in [5.41, 5.74) is 1.99. The van der Waals surface area contributed by atoms with E-state index in [2.05, 4.69) is 20.6 Å². The Hall–Kier alpha value is -2.43. The van der Waals surface area contributed by atoms with Crippen molar-refractivity contribution in [2.24, 2.45) is 0 Å². The fourth-order valence-corrected chi connectivity index (χ4v) is 1.59. The summed E-state index contributed by atoms with van der Waals surface area (Å²) in [6.07, 6.45) is 4.53. The van der Waals surface area contributed by atoms with E-state index in [1.807, 2.05) is 25.1 Å². The van der Waals surface area contributed by atoms with E-state index in [4.69, 9.17) is 0 Å². The second kappa shape index (κ2) is 5.77. The van der Waals surface area contributed by atoms with Gasteiger partial charge in [-0.1, -0.05) is 12.1 Å². The molecular formula is C13H14N4O. The van der Waals surface area contributed by atoms with Crippen molar-refractivity contribution in [1.29, 1.82) is 0 Å². The lowest BCUT2D eigenvalue weighted by Gasteiger charge is -2.10. The maximum Gasteiger partial charge on any atom is 0.257 e. The molecule has 5 heteroatoms. The third kappa shape index (κ3) is 2.82. The zero-order valence-electron chi connectivity index (χ0n) is 10.1. The molecular weight excluding hydrogens is 228 g/mol. The molecule has 1 aromatic carbocycles. The Labute approximate surface area is 105 Å². The number of amides is 1. The van der Waals surface area contributed by atoms with Crippen molar-refractivity contribution in [3.63, 3.8) is 0 Å². The lowest BCUT2D eigenvalue weighted by atomic mass is 10.1. The maximum atomic E-state index is 12.1. The summed E-state index contributed by atoms with van der Waals surface area (Å²) in [5.74, 6) is -0.179. The highest BCUT2D eigenvalue weighted by Crippen LogP contribution is 2.16. The first-order chi connectivity index (χ1) is 8.81. The molecule has 0 bridgehead atoms. The molecule has 0 spiro atoms. The van der Waals surface area contributed by atoms with Gasteiger partial charge in [0, 0.05) is 12.2 Å². The molecule has 0 aliphatic carbocycles. The van der Waals surface area contributed by atoms with E-state index in [0.29, 0.717) is 11.3 Å². The first-order valence-corrected chi connectivity index (χ1v) is 5.70. The minimum atomic E-state index is -0.179. The van der Waals surface area contributed by atoms with Crippen molar-refractivity contribution in [2.75, 3.05) is 17.2 Å². The second-order valence-electron chi connectivity index (χ2n) is 3.66. The molecule has 0 saturated heterocycles. The van der Waals surface area contributed by atoms with Crippen molar-refractivity contribution >= 4 is 17.3 Å². The van der Waals surface area contributed by atoms with E-state index < -0.39 is 0 Å². The predicted octanol–water partition coefficient (Wildman–Crippen LogP) is 2.16. The van der Waals surface area contributed by atoms with Gasteiger partial charge in [-0.05, 0) is 19.1 Å². The van der Waals surface area contributed by atoms with Crippen LogP contribution in [0.2, 0.25) is 0 Å². The molecule has 2 rings (SSSR count). The SMILES string of the molecule is CCNc1ccccc1C(=O)Nc1cncnc1. The predicted molar refractivity (Wildman–Crippen MR) is 70.6 cm³/mol. The van der Waals surface area contributed by atoms with Crippen molar-refractivity contribution < 1.29 is 4.79 Å². The lowest BCUT2D eigenvalue weighted by Crippen LogP contribution is -2.14. The zero-order valence-corrected chi connectivity index (χ0v) is 10.1. The summed E-state index contributed by atoms with van der Waals surface area (Å²) in [6, 6.07) is 7.37. The molecule has 1 aromatic heterocycles. The van der Waals surface area contributed by atoms with Crippen LogP contribution >= 0.6 is 0 Å².